The van der Waals surface area contributed by atoms with Crippen LogP contribution < -0.4 is 4.74 Å². The average molecular weight is 282 g/mol. The van der Waals surface area contributed by atoms with Gasteiger partial charge in [-0.05, 0) is 6.07 Å². The van der Waals surface area contributed by atoms with Crippen LogP contribution in [0.15, 0.2) is 42.5 Å². The summed E-state index contributed by atoms with van der Waals surface area (Å²) in [6, 6.07) is 11.8. The molecule has 0 radical (unpaired) electrons. The quantitative estimate of drug-likeness (QED) is 0.745. The molecule has 0 unspecified atom stereocenters. The van der Waals surface area contributed by atoms with Crippen molar-refractivity contribution in [1.29, 1.82) is 0 Å². The Hall–Kier alpha value is -2.46. The number of carbonyl (C=O) groups is 2. The topological polar surface area (TPSA) is 63.6 Å². The van der Waals surface area contributed by atoms with Gasteiger partial charge in [-0.1, -0.05) is 36.4 Å². The molecule has 1 N–H and O–H groups in total. The van der Waals surface area contributed by atoms with E-state index in [9.17, 15) is 9.59 Å². The Morgan fingerprint density at radius 3 is 2.24 bits per heavy atom. The van der Waals surface area contributed by atoms with Gasteiger partial charge in [0, 0.05) is 29.7 Å². The summed E-state index contributed by atoms with van der Waals surface area (Å²) in [7, 11) is 0. The van der Waals surface area contributed by atoms with Gasteiger partial charge in [-0.15, -0.1) is 0 Å². The van der Waals surface area contributed by atoms with Gasteiger partial charge in [-0.2, -0.15) is 0 Å². The SMILES string of the molecule is O=C1c2ccccc2C(=O)c2c(OCCCO)cccc21. The Morgan fingerprint density at radius 2 is 1.52 bits per heavy atom. The van der Waals surface area contributed by atoms with E-state index in [-0.39, 0.29) is 18.2 Å². The smallest absolute Gasteiger partial charge is 0.198 e. The maximum atomic E-state index is 12.6. The van der Waals surface area contributed by atoms with Gasteiger partial charge in [0.05, 0.1) is 12.2 Å². The fraction of sp³-hybridized carbons (Fsp3) is 0.176. The average Bonchev–Trinajstić information content (AvgIpc) is 2.53. The van der Waals surface area contributed by atoms with Crippen LogP contribution in [0, 0.1) is 0 Å². The van der Waals surface area contributed by atoms with E-state index in [1.165, 1.54) is 0 Å². The first-order valence-electron chi connectivity index (χ1n) is 6.79. The zero-order valence-corrected chi connectivity index (χ0v) is 11.3. The molecule has 0 fully saturated rings. The van der Waals surface area contributed by atoms with Crippen molar-refractivity contribution in [2.24, 2.45) is 0 Å². The summed E-state index contributed by atoms with van der Waals surface area (Å²) in [5.74, 6) is 0.0430. The number of carbonyl (C=O) groups excluding carboxylic acids is 2. The molecule has 2 aromatic carbocycles. The molecular formula is C17H14O4. The van der Waals surface area contributed by atoms with Crippen LogP contribution in [0.3, 0.4) is 0 Å². The standard InChI is InChI=1S/C17H14O4/c18-9-4-10-21-14-8-3-7-13-15(14)17(20)12-6-2-1-5-11(12)16(13)19/h1-3,5-8,18H,4,9-10H2. The summed E-state index contributed by atoms with van der Waals surface area (Å²) in [6.07, 6.45) is 0.475. The second-order valence-corrected chi connectivity index (χ2v) is 4.81. The third kappa shape index (κ3) is 2.23. The van der Waals surface area contributed by atoms with Crippen LogP contribution >= 0.6 is 0 Å². The largest absolute Gasteiger partial charge is 0.493 e. The van der Waals surface area contributed by atoms with Gasteiger partial charge in [0.25, 0.3) is 0 Å². The number of hydrogen-bond acceptors (Lipinski definition) is 4. The van der Waals surface area contributed by atoms with Gasteiger partial charge in [-0.25, -0.2) is 0 Å². The molecule has 0 spiro atoms. The highest BCUT2D eigenvalue weighted by Crippen LogP contribution is 2.33. The molecule has 3 rings (SSSR count). The second kappa shape index (κ2) is 5.50. The van der Waals surface area contributed by atoms with Crippen LogP contribution in [-0.2, 0) is 0 Å². The van der Waals surface area contributed by atoms with E-state index in [0.29, 0.717) is 41.0 Å². The third-order valence-electron chi connectivity index (χ3n) is 3.47. The van der Waals surface area contributed by atoms with Crippen LogP contribution in [0.5, 0.6) is 5.75 Å². The van der Waals surface area contributed by atoms with Crippen molar-refractivity contribution in [3.05, 3.63) is 64.7 Å². The summed E-state index contributed by atoms with van der Waals surface area (Å²) in [5, 5.41) is 8.81. The molecule has 4 heteroatoms. The summed E-state index contributed by atoms with van der Waals surface area (Å²) in [4.78, 5) is 25.1. The van der Waals surface area contributed by atoms with Crippen LogP contribution in [0.2, 0.25) is 0 Å². The summed E-state index contributed by atoms with van der Waals surface area (Å²) in [5.41, 5.74) is 1.54. The number of hydrogen-bond donors (Lipinski definition) is 1. The lowest BCUT2D eigenvalue weighted by atomic mass is 9.83. The van der Waals surface area contributed by atoms with Crippen molar-refractivity contribution < 1.29 is 19.4 Å². The monoisotopic (exact) mass is 282 g/mol. The molecule has 1 aliphatic rings. The maximum absolute atomic E-state index is 12.6. The number of aliphatic hydroxyl groups excluding tert-OH is 1. The minimum atomic E-state index is -0.195. The highest BCUT2D eigenvalue weighted by Gasteiger charge is 2.31. The van der Waals surface area contributed by atoms with Crippen molar-refractivity contribution >= 4 is 11.6 Å². The lowest BCUT2D eigenvalue weighted by Crippen LogP contribution is -2.21. The van der Waals surface area contributed by atoms with Crippen LogP contribution in [-0.4, -0.2) is 29.9 Å². The summed E-state index contributed by atoms with van der Waals surface area (Å²) in [6.45, 7) is 0.320. The Kier molecular flexibility index (Phi) is 3.54. The lowest BCUT2D eigenvalue weighted by molar-refractivity contribution is 0.0975. The summed E-state index contributed by atoms with van der Waals surface area (Å²) >= 11 is 0. The molecule has 0 amide bonds. The maximum Gasteiger partial charge on any atom is 0.198 e. The number of ether oxygens (including phenoxy) is 1. The van der Waals surface area contributed by atoms with E-state index in [1.807, 2.05) is 0 Å². The number of fused-ring (bicyclic) bond motifs is 2. The molecule has 106 valence electrons. The first kappa shape index (κ1) is 13.5. The Morgan fingerprint density at radius 1 is 0.857 bits per heavy atom. The van der Waals surface area contributed by atoms with Gasteiger partial charge in [-0.3, -0.25) is 9.59 Å². The molecule has 0 bridgehead atoms. The van der Waals surface area contributed by atoms with Gasteiger partial charge in [0.2, 0.25) is 0 Å². The van der Waals surface area contributed by atoms with E-state index in [1.54, 1.807) is 42.5 Å². The molecular weight excluding hydrogens is 268 g/mol. The van der Waals surface area contributed by atoms with Crippen molar-refractivity contribution in [2.75, 3.05) is 13.2 Å². The van der Waals surface area contributed by atoms with E-state index < -0.39 is 0 Å². The van der Waals surface area contributed by atoms with Crippen LogP contribution in [0.4, 0.5) is 0 Å². The molecule has 21 heavy (non-hydrogen) atoms. The predicted molar refractivity (Wildman–Crippen MR) is 76.9 cm³/mol. The Bertz CT molecular complexity index is 718. The highest BCUT2D eigenvalue weighted by molar-refractivity contribution is 6.29. The van der Waals surface area contributed by atoms with E-state index in [2.05, 4.69) is 0 Å². The number of benzene rings is 2. The minimum absolute atomic E-state index is 0.0186. The van der Waals surface area contributed by atoms with Gasteiger partial charge >= 0.3 is 0 Å². The Labute approximate surface area is 122 Å². The number of rotatable bonds is 4. The van der Waals surface area contributed by atoms with Gasteiger partial charge < -0.3 is 9.84 Å². The van der Waals surface area contributed by atoms with Gasteiger partial charge in [0.1, 0.15) is 5.75 Å². The van der Waals surface area contributed by atoms with Crippen LogP contribution in [0.1, 0.15) is 38.3 Å². The minimum Gasteiger partial charge on any atom is -0.493 e. The lowest BCUT2D eigenvalue weighted by Gasteiger charge is -2.20. The molecule has 2 aromatic rings. The molecule has 0 atom stereocenters. The van der Waals surface area contributed by atoms with Crippen LogP contribution in [0.25, 0.3) is 0 Å². The van der Waals surface area contributed by atoms with E-state index in [4.69, 9.17) is 9.84 Å². The van der Waals surface area contributed by atoms with Crippen molar-refractivity contribution in [3.63, 3.8) is 0 Å². The molecule has 0 heterocycles. The zero-order chi connectivity index (χ0) is 14.8. The second-order valence-electron chi connectivity index (χ2n) is 4.81. The van der Waals surface area contributed by atoms with Crippen molar-refractivity contribution in [3.8, 4) is 5.75 Å². The first-order chi connectivity index (χ1) is 10.2. The summed E-state index contributed by atoms with van der Waals surface area (Å²) < 4.78 is 5.55. The first-order valence-corrected chi connectivity index (χ1v) is 6.79. The molecule has 0 aliphatic heterocycles. The van der Waals surface area contributed by atoms with E-state index >= 15 is 0 Å². The van der Waals surface area contributed by atoms with Crippen molar-refractivity contribution in [2.45, 2.75) is 6.42 Å². The fourth-order valence-electron chi connectivity index (χ4n) is 2.48. The molecule has 0 saturated heterocycles. The van der Waals surface area contributed by atoms with E-state index in [0.717, 1.165) is 0 Å². The molecule has 4 nitrogen and oxygen atoms in total. The third-order valence-corrected chi connectivity index (χ3v) is 3.47. The highest BCUT2D eigenvalue weighted by atomic mass is 16.5. The fourth-order valence-corrected chi connectivity index (χ4v) is 2.48. The van der Waals surface area contributed by atoms with Gasteiger partial charge in [0.15, 0.2) is 11.6 Å². The van der Waals surface area contributed by atoms with Crippen molar-refractivity contribution in [1.82, 2.24) is 0 Å². The predicted octanol–water partition coefficient (Wildman–Crippen LogP) is 2.22. The number of aliphatic hydroxyl groups is 1. The molecule has 0 aromatic heterocycles. The molecule has 1 aliphatic carbocycles. The normalized spacial score (nSPS) is 12.8. The molecule has 0 saturated carbocycles. The number of ketones is 2. The Balaban J connectivity index is 2.08. The zero-order valence-electron chi connectivity index (χ0n) is 11.3.